The summed E-state index contributed by atoms with van der Waals surface area (Å²) in [5.74, 6) is -0.0413. The van der Waals surface area contributed by atoms with Crippen LogP contribution in [0.4, 0.5) is 5.82 Å². The molecule has 6 nitrogen and oxygen atoms in total. The van der Waals surface area contributed by atoms with Crippen molar-refractivity contribution in [3.63, 3.8) is 0 Å². The molecule has 0 bridgehead atoms. The smallest absolute Gasteiger partial charge is 0.344 e. The Morgan fingerprint density at radius 3 is 2.50 bits per heavy atom. The molecule has 0 spiro atoms. The standard InChI is InChI=1S/C20H26N4O2/c1-4-7-10-13(5-2)24-18(21)16(20(25)26-6-3)17-19(24)23-15-12-9-8-11-14(15)22-17/h8-9,11-13H,4-7,10,21H2,1-3H3. The molecule has 26 heavy (non-hydrogen) atoms. The predicted molar refractivity (Wildman–Crippen MR) is 104 cm³/mol. The number of rotatable bonds is 7. The molecule has 3 aromatic rings. The van der Waals surface area contributed by atoms with Crippen LogP contribution < -0.4 is 5.73 Å². The van der Waals surface area contributed by atoms with Gasteiger partial charge in [-0.2, -0.15) is 0 Å². The van der Waals surface area contributed by atoms with Gasteiger partial charge in [0.05, 0.1) is 17.6 Å². The first kappa shape index (κ1) is 18.2. The Labute approximate surface area is 153 Å². The van der Waals surface area contributed by atoms with Crippen LogP contribution >= 0.6 is 0 Å². The fourth-order valence-electron chi connectivity index (χ4n) is 3.41. The van der Waals surface area contributed by atoms with E-state index in [1.54, 1.807) is 6.92 Å². The number of hydrogen-bond acceptors (Lipinski definition) is 5. The van der Waals surface area contributed by atoms with E-state index in [2.05, 4.69) is 13.8 Å². The fraction of sp³-hybridized carbons (Fsp3) is 0.450. The largest absolute Gasteiger partial charge is 0.462 e. The molecular formula is C20H26N4O2. The van der Waals surface area contributed by atoms with Crippen molar-refractivity contribution in [2.45, 2.75) is 52.5 Å². The molecule has 0 aliphatic heterocycles. The number of benzene rings is 1. The summed E-state index contributed by atoms with van der Waals surface area (Å²) < 4.78 is 7.22. The van der Waals surface area contributed by atoms with Crippen LogP contribution in [0.15, 0.2) is 24.3 Å². The van der Waals surface area contributed by atoms with Crippen molar-refractivity contribution in [3.8, 4) is 0 Å². The molecule has 2 N–H and O–H groups in total. The second kappa shape index (κ2) is 7.72. The number of hydrogen-bond donors (Lipinski definition) is 1. The van der Waals surface area contributed by atoms with E-state index in [0.717, 1.165) is 36.7 Å². The molecule has 1 unspecified atom stereocenters. The maximum atomic E-state index is 12.6. The van der Waals surface area contributed by atoms with Crippen LogP contribution in [0.1, 0.15) is 62.9 Å². The van der Waals surface area contributed by atoms with Crippen LogP contribution in [0, 0.1) is 0 Å². The topological polar surface area (TPSA) is 83.0 Å². The van der Waals surface area contributed by atoms with Crippen molar-refractivity contribution in [1.29, 1.82) is 0 Å². The lowest BCUT2D eigenvalue weighted by Crippen LogP contribution is -2.14. The van der Waals surface area contributed by atoms with Crippen molar-refractivity contribution in [1.82, 2.24) is 14.5 Å². The van der Waals surface area contributed by atoms with Crippen LogP contribution in [-0.2, 0) is 4.74 Å². The van der Waals surface area contributed by atoms with Gasteiger partial charge < -0.3 is 15.0 Å². The Balaban J connectivity index is 2.29. The zero-order chi connectivity index (χ0) is 18.7. The summed E-state index contributed by atoms with van der Waals surface area (Å²) in [5, 5.41) is 0. The first-order chi connectivity index (χ1) is 12.6. The minimum Gasteiger partial charge on any atom is -0.462 e. The molecule has 2 heterocycles. The number of esters is 1. The monoisotopic (exact) mass is 354 g/mol. The van der Waals surface area contributed by atoms with E-state index < -0.39 is 5.97 Å². The third-order valence-electron chi connectivity index (χ3n) is 4.74. The number of nitrogen functional groups attached to an aromatic ring is 1. The van der Waals surface area contributed by atoms with Crippen LogP contribution in [0.2, 0.25) is 0 Å². The molecule has 0 aliphatic carbocycles. The number of carbonyl (C=O) groups excluding carboxylic acids is 1. The first-order valence-electron chi connectivity index (χ1n) is 9.35. The van der Waals surface area contributed by atoms with E-state index in [9.17, 15) is 4.79 Å². The lowest BCUT2D eigenvalue weighted by atomic mass is 10.1. The Bertz CT molecular complexity index is 932. The Morgan fingerprint density at radius 1 is 1.19 bits per heavy atom. The van der Waals surface area contributed by atoms with Crippen molar-refractivity contribution in [3.05, 3.63) is 29.8 Å². The molecule has 0 aliphatic rings. The van der Waals surface area contributed by atoms with E-state index in [1.807, 2.05) is 28.8 Å². The Hall–Kier alpha value is -2.63. The van der Waals surface area contributed by atoms with Gasteiger partial charge in [-0.3, -0.25) is 0 Å². The third-order valence-corrected chi connectivity index (χ3v) is 4.74. The highest BCUT2D eigenvalue weighted by atomic mass is 16.5. The number of carbonyl (C=O) groups is 1. The number of anilines is 1. The van der Waals surface area contributed by atoms with E-state index >= 15 is 0 Å². The Morgan fingerprint density at radius 2 is 1.88 bits per heavy atom. The van der Waals surface area contributed by atoms with Gasteiger partial charge in [0.25, 0.3) is 0 Å². The Kier molecular flexibility index (Phi) is 5.40. The van der Waals surface area contributed by atoms with E-state index in [0.29, 0.717) is 29.2 Å². The summed E-state index contributed by atoms with van der Waals surface area (Å²) in [6, 6.07) is 7.82. The average molecular weight is 354 g/mol. The molecule has 1 atom stereocenters. The first-order valence-corrected chi connectivity index (χ1v) is 9.35. The summed E-state index contributed by atoms with van der Waals surface area (Å²) >= 11 is 0. The number of fused-ring (bicyclic) bond motifs is 2. The second-order valence-electron chi connectivity index (χ2n) is 6.44. The van der Waals surface area contributed by atoms with E-state index in [4.69, 9.17) is 20.4 Å². The molecule has 0 radical (unpaired) electrons. The summed E-state index contributed by atoms with van der Waals surface area (Å²) in [4.78, 5) is 22.1. The quantitative estimate of drug-likeness (QED) is 0.632. The maximum absolute atomic E-state index is 12.6. The summed E-state index contributed by atoms with van der Waals surface area (Å²) in [5.41, 5.74) is 9.48. The van der Waals surface area contributed by atoms with Gasteiger partial charge in [0, 0.05) is 6.04 Å². The van der Waals surface area contributed by atoms with Crippen LogP contribution in [0.25, 0.3) is 22.2 Å². The predicted octanol–water partition coefficient (Wildman–Crippen LogP) is 4.48. The van der Waals surface area contributed by atoms with E-state index in [-0.39, 0.29) is 6.04 Å². The summed E-state index contributed by atoms with van der Waals surface area (Å²) in [6.07, 6.45) is 4.09. The highest BCUT2D eigenvalue weighted by molar-refractivity contribution is 6.08. The lowest BCUT2D eigenvalue weighted by Gasteiger charge is -2.19. The number of nitrogens with two attached hydrogens (primary N) is 1. The van der Waals surface area contributed by atoms with Crippen LogP contribution in [0.3, 0.4) is 0 Å². The van der Waals surface area contributed by atoms with Gasteiger partial charge in [-0.15, -0.1) is 0 Å². The molecule has 0 saturated heterocycles. The minimum absolute atomic E-state index is 0.177. The number of aromatic nitrogens is 3. The zero-order valence-electron chi connectivity index (χ0n) is 15.7. The SMILES string of the molecule is CCCCC(CC)n1c(N)c(C(=O)OCC)c2nc3ccccc3nc21. The fourth-order valence-corrected chi connectivity index (χ4v) is 3.41. The zero-order valence-corrected chi connectivity index (χ0v) is 15.7. The molecule has 1 aromatic carbocycles. The number of para-hydroxylation sites is 2. The van der Waals surface area contributed by atoms with Gasteiger partial charge in [0.2, 0.25) is 0 Å². The summed E-state index contributed by atoms with van der Waals surface area (Å²) in [6.45, 7) is 6.37. The normalized spacial score (nSPS) is 12.6. The van der Waals surface area contributed by atoms with Gasteiger partial charge in [-0.25, -0.2) is 14.8 Å². The molecule has 0 saturated carbocycles. The van der Waals surface area contributed by atoms with E-state index in [1.165, 1.54) is 0 Å². The lowest BCUT2D eigenvalue weighted by molar-refractivity contribution is 0.0529. The molecule has 138 valence electrons. The van der Waals surface area contributed by atoms with Gasteiger partial charge in [-0.05, 0) is 31.9 Å². The van der Waals surface area contributed by atoms with Crippen molar-refractivity contribution < 1.29 is 9.53 Å². The van der Waals surface area contributed by atoms with Gasteiger partial charge in [0.1, 0.15) is 16.9 Å². The minimum atomic E-state index is -0.441. The van der Waals surface area contributed by atoms with Gasteiger partial charge in [-0.1, -0.05) is 38.8 Å². The molecular weight excluding hydrogens is 328 g/mol. The maximum Gasteiger partial charge on any atom is 0.344 e. The number of ether oxygens (including phenoxy) is 1. The van der Waals surface area contributed by atoms with Crippen LogP contribution in [0.5, 0.6) is 0 Å². The number of nitrogens with zero attached hydrogens (tertiary/aromatic N) is 3. The summed E-state index contributed by atoms with van der Waals surface area (Å²) in [7, 11) is 0. The van der Waals surface area contributed by atoms with Crippen molar-refractivity contribution >= 4 is 34.0 Å². The highest BCUT2D eigenvalue weighted by Crippen LogP contribution is 2.34. The second-order valence-corrected chi connectivity index (χ2v) is 6.44. The molecule has 0 fully saturated rings. The van der Waals surface area contributed by atoms with Crippen molar-refractivity contribution in [2.75, 3.05) is 12.3 Å². The van der Waals surface area contributed by atoms with Crippen LogP contribution in [-0.4, -0.2) is 27.1 Å². The van der Waals surface area contributed by atoms with Crippen molar-refractivity contribution in [2.24, 2.45) is 0 Å². The molecule has 6 heteroatoms. The highest BCUT2D eigenvalue weighted by Gasteiger charge is 2.27. The number of unbranched alkanes of at least 4 members (excludes halogenated alkanes) is 1. The molecule has 3 rings (SSSR count). The van der Waals surface area contributed by atoms with Gasteiger partial charge in [0.15, 0.2) is 5.65 Å². The third kappa shape index (κ3) is 3.11. The van der Waals surface area contributed by atoms with Gasteiger partial charge >= 0.3 is 5.97 Å². The average Bonchev–Trinajstić information content (AvgIpc) is 2.92. The molecule has 2 aromatic heterocycles. The molecule has 0 amide bonds.